The monoisotopic (exact) mass is 376 g/mol. The second-order valence-electron chi connectivity index (χ2n) is 5.03. The third kappa shape index (κ3) is 4.61. The van der Waals surface area contributed by atoms with Crippen molar-refractivity contribution in [2.75, 3.05) is 19.6 Å². The highest BCUT2D eigenvalue weighted by atomic mass is 35.5. The van der Waals surface area contributed by atoms with Crippen LogP contribution in [0.3, 0.4) is 0 Å². The molecule has 1 saturated heterocycles. The summed E-state index contributed by atoms with van der Waals surface area (Å²) in [4.78, 5) is 14.4. The number of nitrogens with zero attached hydrogens (tertiary/aromatic N) is 3. The third-order valence-electron chi connectivity index (χ3n) is 3.68. The summed E-state index contributed by atoms with van der Waals surface area (Å²) in [6, 6.07) is 9.48. The molecular weight excluding hydrogens is 359 g/mol. The van der Waals surface area contributed by atoms with E-state index in [1.54, 1.807) is 17.1 Å². The highest BCUT2D eigenvalue weighted by Crippen LogP contribution is 2.28. The van der Waals surface area contributed by atoms with E-state index in [1.807, 2.05) is 35.2 Å². The van der Waals surface area contributed by atoms with Crippen LogP contribution < -0.4 is 5.32 Å². The van der Waals surface area contributed by atoms with Gasteiger partial charge in [0.15, 0.2) is 0 Å². The number of aromatic nitrogens is 2. The lowest BCUT2D eigenvalue weighted by atomic mass is 10.0. The van der Waals surface area contributed by atoms with Gasteiger partial charge in [0.25, 0.3) is 0 Å². The maximum absolute atomic E-state index is 12.6. The van der Waals surface area contributed by atoms with Crippen molar-refractivity contribution in [2.24, 2.45) is 0 Å². The van der Waals surface area contributed by atoms with Crippen LogP contribution in [0.2, 0.25) is 5.02 Å². The first-order chi connectivity index (χ1) is 10.3. The van der Waals surface area contributed by atoms with Crippen molar-refractivity contribution in [1.29, 1.82) is 0 Å². The smallest absolute Gasteiger partial charge is 0.244 e. The summed E-state index contributed by atoms with van der Waals surface area (Å²) in [6.45, 7) is 2.45. The molecule has 5 nitrogen and oxygen atoms in total. The first-order valence-corrected chi connectivity index (χ1v) is 7.35. The van der Waals surface area contributed by atoms with Gasteiger partial charge < -0.3 is 10.2 Å². The van der Waals surface area contributed by atoms with Gasteiger partial charge in [-0.15, -0.1) is 24.8 Å². The van der Waals surface area contributed by atoms with E-state index in [0.717, 1.165) is 12.1 Å². The Labute approximate surface area is 152 Å². The van der Waals surface area contributed by atoms with Gasteiger partial charge in [-0.05, 0) is 17.7 Å². The van der Waals surface area contributed by atoms with E-state index in [0.29, 0.717) is 18.1 Å². The Kier molecular flexibility index (Phi) is 7.85. The Hall–Kier alpha value is -1.27. The van der Waals surface area contributed by atoms with Crippen LogP contribution in [0.5, 0.6) is 0 Å². The van der Waals surface area contributed by atoms with Gasteiger partial charge in [-0.25, -0.2) is 0 Å². The maximum atomic E-state index is 12.6. The van der Waals surface area contributed by atoms with Crippen LogP contribution in [-0.2, 0) is 11.3 Å². The SMILES string of the molecule is Cl.Cl.O=C(Cn1cccn1)N1CCNCC1c1ccccc1Cl. The van der Waals surface area contributed by atoms with E-state index in [4.69, 9.17) is 11.6 Å². The molecule has 1 N–H and O–H groups in total. The molecule has 1 amide bonds. The summed E-state index contributed by atoms with van der Waals surface area (Å²) >= 11 is 6.29. The number of nitrogens with one attached hydrogen (secondary N) is 1. The Balaban J connectivity index is 0.00000132. The van der Waals surface area contributed by atoms with Crippen molar-refractivity contribution >= 4 is 42.3 Å². The molecule has 126 valence electrons. The number of piperazine rings is 1. The zero-order chi connectivity index (χ0) is 14.7. The van der Waals surface area contributed by atoms with E-state index in [-0.39, 0.29) is 43.3 Å². The molecule has 8 heteroatoms. The molecule has 1 aromatic carbocycles. The maximum Gasteiger partial charge on any atom is 0.244 e. The lowest BCUT2D eigenvalue weighted by Crippen LogP contribution is -2.49. The van der Waals surface area contributed by atoms with Gasteiger partial charge in [-0.2, -0.15) is 5.10 Å². The Morgan fingerprint density at radius 2 is 2.09 bits per heavy atom. The van der Waals surface area contributed by atoms with Gasteiger partial charge in [0.2, 0.25) is 5.91 Å². The predicted octanol–water partition coefficient (Wildman–Crippen LogP) is 2.55. The molecule has 0 bridgehead atoms. The molecule has 0 radical (unpaired) electrons. The molecule has 2 heterocycles. The van der Waals surface area contributed by atoms with Crippen LogP contribution in [-0.4, -0.2) is 40.2 Å². The van der Waals surface area contributed by atoms with Crippen LogP contribution in [0.1, 0.15) is 11.6 Å². The van der Waals surface area contributed by atoms with Crippen LogP contribution in [0.4, 0.5) is 0 Å². The second-order valence-corrected chi connectivity index (χ2v) is 5.44. The van der Waals surface area contributed by atoms with Crippen molar-refractivity contribution in [3.8, 4) is 0 Å². The minimum atomic E-state index is -0.0319. The number of hydrogen-bond acceptors (Lipinski definition) is 3. The molecule has 23 heavy (non-hydrogen) atoms. The topological polar surface area (TPSA) is 50.2 Å². The summed E-state index contributed by atoms with van der Waals surface area (Å²) in [5, 5.41) is 8.12. The molecule has 1 fully saturated rings. The minimum absolute atomic E-state index is 0. The molecule has 1 aromatic heterocycles. The van der Waals surface area contributed by atoms with E-state index in [2.05, 4.69) is 10.4 Å². The molecule has 1 aliphatic rings. The molecule has 1 unspecified atom stereocenters. The molecule has 1 atom stereocenters. The zero-order valence-electron chi connectivity index (χ0n) is 12.4. The normalized spacial score (nSPS) is 17.1. The predicted molar refractivity (Wildman–Crippen MR) is 95.5 cm³/mol. The van der Waals surface area contributed by atoms with E-state index in [1.165, 1.54) is 0 Å². The molecular formula is C15H19Cl3N4O. The van der Waals surface area contributed by atoms with E-state index < -0.39 is 0 Å². The molecule has 0 aliphatic carbocycles. The Morgan fingerprint density at radius 3 is 2.78 bits per heavy atom. The first-order valence-electron chi connectivity index (χ1n) is 6.98. The summed E-state index contributed by atoms with van der Waals surface area (Å²) in [5.41, 5.74) is 0.986. The fraction of sp³-hybridized carbons (Fsp3) is 0.333. The summed E-state index contributed by atoms with van der Waals surface area (Å²) < 4.78 is 1.65. The number of carbonyl (C=O) groups is 1. The minimum Gasteiger partial charge on any atom is -0.331 e. The van der Waals surface area contributed by atoms with Gasteiger partial charge in [0.05, 0.1) is 6.04 Å². The molecule has 3 rings (SSSR count). The fourth-order valence-electron chi connectivity index (χ4n) is 2.65. The second kappa shape index (κ2) is 9.13. The molecule has 2 aromatic rings. The molecule has 0 spiro atoms. The summed E-state index contributed by atoms with van der Waals surface area (Å²) in [7, 11) is 0. The van der Waals surface area contributed by atoms with Crippen LogP contribution in [0.15, 0.2) is 42.7 Å². The van der Waals surface area contributed by atoms with Gasteiger partial charge in [-0.1, -0.05) is 29.8 Å². The lowest BCUT2D eigenvalue weighted by molar-refractivity contribution is -0.135. The highest BCUT2D eigenvalue weighted by Gasteiger charge is 2.29. The van der Waals surface area contributed by atoms with Crippen LogP contribution >= 0.6 is 36.4 Å². The third-order valence-corrected chi connectivity index (χ3v) is 4.03. The zero-order valence-corrected chi connectivity index (χ0v) is 14.8. The number of hydrogen-bond donors (Lipinski definition) is 1. The quantitative estimate of drug-likeness (QED) is 0.894. The van der Waals surface area contributed by atoms with E-state index >= 15 is 0 Å². The van der Waals surface area contributed by atoms with Gasteiger partial charge >= 0.3 is 0 Å². The highest BCUT2D eigenvalue weighted by molar-refractivity contribution is 6.31. The molecule has 1 aliphatic heterocycles. The van der Waals surface area contributed by atoms with Crippen molar-refractivity contribution in [3.05, 3.63) is 53.3 Å². The van der Waals surface area contributed by atoms with Gasteiger partial charge in [-0.3, -0.25) is 9.48 Å². The average molecular weight is 378 g/mol. The van der Waals surface area contributed by atoms with Crippen LogP contribution in [0, 0.1) is 0 Å². The standard InChI is InChI=1S/C15H17ClN4O.2ClH/c16-13-5-2-1-4-12(13)14-10-17-7-9-20(14)15(21)11-19-8-3-6-18-19;;/h1-6,8,14,17H,7,9-11H2;2*1H. The number of rotatable bonds is 3. The van der Waals surface area contributed by atoms with Gasteiger partial charge in [0.1, 0.15) is 6.54 Å². The van der Waals surface area contributed by atoms with Crippen LogP contribution in [0.25, 0.3) is 0 Å². The number of amides is 1. The molecule has 0 saturated carbocycles. The Morgan fingerprint density at radius 1 is 1.30 bits per heavy atom. The first kappa shape index (κ1) is 19.8. The largest absolute Gasteiger partial charge is 0.331 e. The number of benzene rings is 1. The van der Waals surface area contributed by atoms with Crippen molar-refractivity contribution in [2.45, 2.75) is 12.6 Å². The lowest BCUT2D eigenvalue weighted by Gasteiger charge is -2.37. The van der Waals surface area contributed by atoms with Crippen molar-refractivity contribution < 1.29 is 4.79 Å². The average Bonchev–Trinajstić information content (AvgIpc) is 3.01. The van der Waals surface area contributed by atoms with Gasteiger partial charge in [0, 0.05) is 37.1 Å². The number of halogens is 3. The summed E-state index contributed by atoms with van der Waals surface area (Å²) in [5.74, 6) is 0.0603. The Bertz CT molecular complexity index is 621. The fourth-order valence-corrected chi connectivity index (χ4v) is 2.91. The summed E-state index contributed by atoms with van der Waals surface area (Å²) in [6.07, 6.45) is 3.47. The van der Waals surface area contributed by atoms with E-state index in [9.17, 15) is 4.79 Å². The number of carbonyl (C=O) groups excluding carboxylic acids is 1. The van der Waals surface area contributed by atoms with Crippen molar-refractivity contribution in [3.63, 3.8) is 0 Å². The van der Waals surface area contributed by atoms with Crippen molar-refractivity contribution in [1.82, 2.24) is 20.0 Å².